The van der Waals surface area contributed by atoms with E-state index in [1.807, 2.05) is 31.2 Å². The third-order valence-electron chi connectivity index (χ3n) is 5.87. The average Bonchev–Trinajstić information content (AvgIpc) is 3.33. The molecule has 2 amide bonds. The second kappa shape index (κ2) is 8.41. The Morgan fingerprint density at radius 1 is 1.03 bits per heavy atom. The molecule has 2 N–H and O–H groups in total. The van der Waals surface area contributed by atoms with Gasteiger partial charge in [0, 0.05) is 22.3 Å². The minimum Gasteiger partial charge on any atom is -0.424 e. The number of ether oxygens (including phenoxy) is 1. The number of halogens is 6. The highest BCUT2D eigenvalue weighted by molar-refractivity contribution is 6.30. The molecule has 3 aromatic carbocycles. The lowest BCUT2D eigenvalue weighted by atomic mass is 10.00. The van der Waals surface area contributed by atoms with Crippen molar-refractivity contribution >= 4 is 34.6 Å². The molecule has 11 heteroatoms. The number of carbonyl (C=O) groups excluding carboxylic acids is 1. The van der Waals surface area contributed by atoms with E-state index >= 15 is 0 Å². The molecule has 0 fully saturated rings. The van der Waals surface area contributed by atoms with Crippen LogP contribution in [0.2, 0.25) is 5.02 Å². The van der Waals surface area contributed by atoms with Crippen molar-refractivity contribution in [3.05, 3.63) is 93.8 Å². The average molecular weight is 522 g/mol. The van der Waals surface area contributed by atoms with E-state index in [2.05, 4.69) is 15.5 Å². The first-order chi connectivity index (χ1) is 17.0. The van der Waals surface area contributed by atoms with Gasteiger partial charge in [-0.25, -0.2) is 14.2 Å². The Kier molecular flexibility index (Phi) is 5.59. The van der Waals surface area contributed by atoms with Gasteiger partial charge in [0.25, 0.3) is 0 Å². The lowest BCUT2D eigenvalue weighted by Crippen LogP contribution is -2.40. The van der Waals surface area contributed by atoms with Crippen LogP contribution < -0.4 is 15.5 Å². The predicted octanol–water partition coefficient (Wildman–Crippen LogP) is 6.79. The summed E-state index contributed by atoms with van der Waals surface area (Å²) >= 11 is 6.00. The highest BCUT2D eigenvalue weighted by Gasteiger charge is 2.67. The van der Waals surface area contributed by atoms with Crippen molar-refractivity contribution in [1.29, 1.82) is 0 Å². The highest BCUT2D eigenvalue weighted by atomic mass is 35.5. The summed E-state index contributed by atoms with van der Waals surface area (Å²) in [5, 5.41) is 3.97. The van der Waals surface area contributed by atoms with Crippen LogP contribution >= 0.6 is 11.6 Å². The number of aryl methyl sites for hydroxylation is 1. The quantitative estimate of drug-likeness (QED) is 0.373. The molecule has 5 rings (SSSR count). The maximum absolute atomic E-state index is 14.3. The van der Waals surface area contributed by atoms with Gasteiger partial charge < -0.3 is 10.1 Å². The zero-order valence-electron chi connectivity index (χ0n) is 18.5. The number of amides is 2. The SMILES string of the molecule is Cc1ccc(C2=C(c3ccc(Cl)cc3)CN(C(=O)Nc3cc(F)c4c(c3)C(F)(F)C(F)(F)O4)N2)cc1. The molecule has 36 heavy (non-hydrogen) atoms. The van der Waals surface area contributed by atoms with Crippen molar-refractivity contribution in [2.24, 2.45) is 0 Å². The molecule has 2 heterocycles. The van der Waals surface area contributed by atoms with Crippen LogP contribution in [0.5, 0.6) is 5.75 Å². The second-order valence-electron chi connectivity index (χ2n) is 8.38. The molecule has 0 bridgehead atoms. The van der Waals surface area contributed by atoms with E-state index in [4.69, 9.17) is 11.6 Å². The van der Waals surface area contributed by atoms with Gasteiger partial charge in [-0.3, -0.25) is 5.43 Å². The molecule has 186 valence electrons. The van der Waals surface area contributed by atoms with Gasteiger partial charge in [0.1, 0.15) is 0 Å². The van der Waals surface area contributed by atoms with E-state index in [9.17, 15) is 26.7 Å². The molecule has 2 aliphatic rings. The fourth-order valence-electron chi connectivity index (χ4n) is 3.99. The first kappa shape index (κ1) is 23.9. The molecule has 2 aliphatic heterocycles. The third kappa shape index (κ3) is 4.01. The first-order valence-electron chi connectivity index (χ1n) is 10.7. The van der Waals surface area contributed by atoms with E-state index in [-0.39, 0.29) is 6.54 Å². The number of hydrazine groups is 1. The molecule has 0 unspecified atom stereocenters. The van der Waals surface area contributed by atoms with Crippen molar-refractivity contribution in [1.82, 2.24) is 10.4 Å². The fourth-order valence-corrected chi connectivity index (χ4v) is 4.12. The Morgan fingerprint density at radius 3 is 2.33 bits per heavy atom. The predicted molar refractivity (Wildman–Crippen MR) is 124 cm³/mol. The smallest absolute Gasteiger partial charge is 0.424 e. The maximum Gasteiger partial charge on any atom is 0.469 e. The molecule has 0 saturated heterocycles. The van der Waals surface area contributed by atoms with Crippen LogP contribution in [-0.2, 0) is 5.92 Å². The van der Waals surface area contributed by atoms with Gasteiger partial charge in [-0.2, -0.15) is 17.6 Å². The Hall–Kier alpha value is -3.79. The summed E-state index contributed by atoms with van der Waals surface area (Å²) in [6, 6.07) is 14.9. The van der Waals surface area contributed by atoms with Crippen LogP contribution in [0.4, 0.5) is 32.4 Å². The fraction of sp³-hybridized carbons (Fsp3) is 0.160. The van der Waals surface area contributed by atoms with Crippen LogP contribution in [-0.4, -0.2) is 23.7 Å². The zero-order valence-corrected chi connectivity index (χ0v) is 19.3. The number of nitrogens with zero attached hydrogens (tertiary/aromatic N) is 1. The van der Waals surface area contributed by atoms with Crippen molar-refractivity contribution < 1.29 is 31.5 Å². The van der Waals surface area contributed by atoms with Crippen LogP contribution in [0.1, 0.15) is 22.3 Å². The number of carbonyl (C=O) groups is 1. The van der Waals surface area contributed by atoms with Gasteiger partial charge in [0.05, 0.1) is 17.8 Å². The van der Waals surface area contributed by atoms with Gasteiger partial charge in [-0.1, -0.05) is 53.6 Å². The summed E-state index contributed by atoms with van der Waals surface area (Å²) in [5.74, 6) is -7.47. The summed E-state index contributed by atoms with van der Waals surface area (Å²) < 4.78 is 73.3. The summed E-state index contributed by atoms with van der Waals surface area (Å²) in [6.07, 6.45) is -4.91. The summed E-state index contributed by atoms with van der Waals surface area (Å²) in [4.78, 5) is 13.0. The Morgan fingerprint density at radius 2 is 1.67 bits per heavy atom. The number of benzene rings is 3. The molecular weight excluding hydrogens is 505 g/mol. The standard InChI is InChI=1S/C25H17ClF5N3O2/c1-13-2-4-15(5-3-13)21-18(14-6-8-16(26)9-7-14)12-34(33-21)23(35)32-17-10-19-22(20(27)11-17)36-25(30,31)24(19,28)29/h2-11,33H,12H2,1H3,(H,32,35). The normalized spacial score (nSPS) is 17.5. The molecule has 3 aromatic rings. The third-order valence-corrected chi connectivity index (χ3v) is 6.12. The van der Waals surface area contributed by atoms with Crippen LogP contribution in [0, 0.1) is 12.7 Å². The number of rotatable bonds is 3. The van der Waals surface area contributed by atoms with Crippen molar-refractivity contribution in [2.45, 2.75) is 19.0 Å². The number of hydrogen-bond acceptors (Lipinski definition) is 3. The lowest BCUT2D eigenvalue weighted by Gasteiger charge is -2.19. The summed E-state index contributed by atoms with van der Waals surface area (Å²) in [6.45, 7) is 1.99. The number of hydrogen-bond donors (Lipinski definition) is 2. The number of nitrogens with one attached hydrogen (secondary N) is 2. The molecule has 0 radical (unpaired) electrons. The van der Waals surface area contributed by atoms with Crippen molar-refractivity contribution in [3.63, 3.8) is 0 Å². The largest absolute Gasteiger partial charge is 0.469 e. The molecule has 0 saturated carbocycles. The van der Waals surface area contributed by atoms with Gasteiger partial charge in [-0.05, 0) is 36.2 Å². The maximum atomic E-state index is 14.3. The minimum absolute atomic E-state index is 0.0570. The second-order valence-corrected chi connectivity index (χ2v) is 8.82. The van der Waals surface area contributed by atoms with Crippen molar-refractivity contribution in [3.8, 4) is 5.75 Å². The van der Waals surface area contributed by atoms with E-state index < -0.39 is 40.9 Å². The number of alkyl halides is 4. The topological polar surface area (TPSA) is 53.6 Å². The molecule has 0 spiro atoms. The molecular formula is C25H17ClF5N3O2. The summed E-state index contributed by atoms with van der Waals surface area (Å²) in [5.41, 5.74) is 5.15. The highest BCUT2D eigenvalue weighted by Crippen LogP contribution is 2.54. The monoisotopic (exact) mass is 521 g/mol. The van der Waals surface area contributed by atoms with E-state index in [0.717, 1.165) is 27.3 Å². The van der Waals surface area contributed by atoms with E-state index in [1.54, 1.807) is 24.3 Å². The van der Waals surface area contributed by atoms with Gasteiger partial charge >= 0.3 is 18.1 Å². The van der Waals surface area contributed by atoms with E-state index in [1.165, 1.54) is 0 Å². The molecule has 5 nitrogen and oxygen atoms in total. The number of urea groups is 1. The van der Waals surface area contributed by atoms with E-state index in [0.29, 0.717) is 22.9 Å². The van der Waals surface area contributed by atoms with Gasteiger partial charge in [0.15, 0.2) is 11.6 Å². The number of anilines is 1. The molecule has 0 aromatic heterocycles. The van der Waals surface area contributed by atoms with Crippen LogP contribution in [0.3, 0.4) is 0 Å². The Labute approximate surface area is 207 Å². The Balaban J connectivity index is 1.43. The first-order valence-corrected chi connectivity index (χ1v) is 11.0. The number of fused-ring (bicyclic) bond motifs is 1. The van der Waals surface area contributed by atoms with Crippen LogP contribution in [0.25, 0.3) is 11.3 Å². The van der Waals surface area contributed by atoms with Gasteiger partial charge in [0.2, 0.25) is 0 Å². The van der Waals surface area contributed by atoms with Gasteiger partial charge in [-0.15, -0.1) is 0 Å². The lowest BCUT2D eigenvalue weighted by molar-refractivity contribution is -0.296. The summed E-state index contributed by atoms with van der Waals surface area (Å²) in [7, 11) is 0. The van der Waals surface area contributed by atoms with Crippen LogP contribution in [0.15, 0.2) is 60.7 Å². The molecule has 0 atom stereocenters. The molecule has 0 aliphatic carbocycles. The zero-order chi connectivity index (χ0) is 25.8. The minimum atomic E-state index is -4.91. The Bertz CT molecular complexity index is 1330. The van der Waals surface area contributed by atoms with Crippen molar-refractivity contribution in [2.75, 3.05) is 11.9 Å².